The second-order valence-corrected chi connectivity index (χ2v) is 9.04. The minimum absolute atomic E-state index is 0.0311. The van der Waals surface area contributed by atoms with E-state index in [9.17, 15) is 14.4 Å². The Morgan fingerprint density at radius 1 is 1.09 bits per heavy atom. The molecule has 1 N–H and O–H groups in total. The van der Waals surface area contributed by atoms with Crippen LogP contribution in [0.3, 0.4) is 0 Å². The average Bonchev–Trinajstić information content (AvgIpc) is 3.00. The molecule has 4 rings (SSSR count). The van der Waals surface area contributed by atoms with Crippen LogP contribution in [0.15, 0.2) is 18.2 Å². The van der Waals surface area contributed by atoms with E-state index in [-0.39, 0.29) is 30.7 Å². The molecule has 1 aromatic carbocycles. The molecule has 0 radical (unpaired) electrons. The molecule has 8 nitrogen and oxygen atoms in total. The van der Waals surface area contributed by atoms with E-state index in [2.05, 4.69) is 5.32 Å². The van der Waals surface area contributed by atoms with Crippen LogP contribution in [0.4, 0.5) is 0 Å². The number of hydrogen-bond acceptors (Lipinski definition) is 5. The van der Waals surface area contributed by atoms with Crippen molar-refractivity contribution in [1.29, 1.82) is 0 Å². The Balaban J connectivity index is 1.44. The summed E-state index contributed by atoms with van der Waals surface area (Å²) in [5.41, 5.74) is -0.246. The van der Waals surface area contributed by atoms with Crippen LogP contribution in [0.25, 0.3) is 0 Å². The third-order valence-electron chi connectivity index (χ3n) is 6.85. The molecule has 32 heavy (non-hydrogen) atoms. The molecule has 0 aromatic heterocycles. The van der Waals surface area contributed by atoms with Gasteiger partial charge < -0.3 is 24.6 Å². The molecule has 1 atom stereocenters. The van der Waals surface area contributed by atoms with E-state index in [1.165, 1.54) is 6.42 Å². The van der Waals surface area contributed by atoms with Crippen molar-refractivity contribution in [1.82, 2.24) is 15.1 Å². The summed E-state index contributed by atoms with van der Waals surface area (Å²) in [5, 5.41) is 2.95. The summed E-state index contributed by atoms with van der Waals surface area (Å²) >= 11 is 0. The van der Waals surface area contributed by atoms with Crippen molar-refractivity contribution in [2.75, 3.05) is 39.8 Å². The first kappa shape index (κ1) is 22.4. The van der Waals surface area contributed by atoms with E-state index < -0.39 is 5.60 Å². The largest absolute Gasteiger partial charge is 0.497 e. The third kappa shape index (κ3) is 5.00. The molecule has 0 saturated carbocycles. The average molecular weight is 444 g/mol. The third-order valence-corrected chi connectivity index (χ3v) is 6.85. The molecule has 174 valence electrons. The zero-order chi connectivity index (χ0) is 22.6. The summed E-state index contributed by atoms with van der Waals surface area (Å²) in [4.78, 5) is 42.0. The van der Waals surface area contributed by atoms with E-state index in [1.807, 2.05) is 4.90 Å². The Bertz CT molecular complexity index is 865. The van der Waals surface area contributed by atoms with Crippen molar-refractivity contribution in [3.8, 4) is 11.5 Å². The van der Waals surface area contributed by atoms with E-state index in [0.29, 0.717) is 43.0 Å². The first-order chi connectivity index (χ1) is 15.5. The summed E-state index contributed by atoms with van der Waals surface area (Å²) < 4.78 is 11.6. The predicted octanol–water partition coefficient (Wildman–Crippen LogP) is 2.36. The Labute approximate surface area is 189 Å². The van der Waals surface area contributed by atoms with Gasteiger partial charge in [0.05, 0.1) is 25.8 Å². The van der Waals surface area contributed by atoms with Crippen LogP contribution >= 0.6 is 0 Å². The molecular weight excluding hydrogens is 410 g/mol. The lowest BCUT2D eigenvalue weighted by Crippen LogP contribution is -2.47. The molecule has 2 fully saturated rings. The number of amides is 3. The number of nitrogens with one attached hydrogen (secondary N) is 1. The second kappa shape index (κ2) is 9.79. The Kier molecular flexibility index (Phi) is 6.86. The number of nitrogens with zero attached hydrogens (tertiary/aromatic N) is 2. The zero-order valence-electron chi connectivity index (χ0n) is 18.9. The minimum atomic E-state index is -0.677. The van der Waals surface area contributed by atoms with Crippen LogP contribution in [-0.4, -0.2) is 73.0 Å². The second-order valence-electron chi connectivity index (χ2n) is 9.04. The van der Waals surface area contributed by atoms with Crippen LogP contribution in [0.1, 0.15) is 61.7 Å². The maximum Gasteiger partial charge on any atom is 0.255 e. The van der Waals surface area contributed by atoms with Crippen molar-refractivity contribution in [2.24, 2.45) is 0 Å². The van der Waals surface area contributed by atoms with Gasteiger partial charge in [-0.1, -0.05) is 19.3 Å². The van der Waals surface area contributed by atoms with Gasteiger partial charge in [-0.3, -0.25) is 14.4 Å². The molecule has 3 aliphatic rings. The molecule has 0 aliphatic carbocycles. The molecule has 1 aromatic rings. The van der Waals surface area contributed by atoms with Gasteiger partial charge in [-0.25, -0.2) is 0 Å². The number of fused-ring (bicyclic) bond motifs is 1. The van der Waals surface area contributed by atoms with Gasteiger partial charge in [-0.2, -0.15) is 0 Å². The van der Waals surface area contributed by atoms with Gasteiger partial charge in [-0.05, 0) is 37.5 Å². The monoisotopic (exact) mass is 443 g/mol. The maximum absolute atomic E-state index is 12.9. The lowest BCUT2D eigenvalue weighted by atomic mass is 9.94. The molecule has 8 heteroatoms. The number of ether oxygens (including phenoxy) is 2. The van der Waals surface area contributed by atoms with Crippen molar-refractivity contribution in [3.63, 3.8) is 0 Å². The number of likely N-dealkylation sites (tertiary alicyclic amines) is 2. The fraction of sp³-hybridized carbons (Fsp3) is 0.625. The Morgan fingerprint density at radius 3 is 2.59 bits per heavy atom. The lowest BCUT2D eigenvalue weighted by molar-refractivity contribution is -0.140. The molecule has 1 unspecified atom stereocenters. The fourth-order valence-electron chi connectivity index (χ4n) is 4.80. The van der Waals surface area contributed by atoms with E-state index in [4.69, 9.17) is 9.47 Å². The predicted molar refractivity (Wildman–Crippen MR) is 119 cm³/mol. The number of hydrogen-bond donors (Lipinski definition) is 1. The normalized spacial score (nSPS) is 24.4. The number of carbonyl (C=O) groups is 3. The van der Waals surface area contributed by atoms with Gasteiger partial charge in [-0.15, -0.1) is 0 Å². The van der Waals surface area contributed by atoms with Crippen LogP contribution in [0.2, 0.25) is 0 Å². The van der Waals surface area contributed by atoms with Crippen LogP contribution < -0.4 is 14.8 Å². The zero-order valence-corrected chi connectivity index (χ0v) is 18.9. The molecule has 3 heterocycles. The molecule has 1 spiro atoms. The molecule has 0 bridgehead atoms. The topological polar surface area (TPSA) is 88.2 Å². The SMILES string of the molecule is COc1ccc2c(c1)C(=O)NCC1(CCC(=O)N(CC(=O)N3CCCCCCC3)CC1)O2. The van der Waals surface area contributed by atoms with Crippen LogP contribution in [0, 0.1) is 0 Å². The van der Waals surface area contributed by atoms with Crippen molar-refractivity contribution < 1.29 is 23.9 Å². The van der Waals surface area contributed by atoms with Gasteiger partial charge in [0.25, 0.3) is 5.91 Å². The van der Waals surface area contributed by atoms with Crippen molar-refractivity contribution in [3.05, 3.63) is 23.8 Å². The van der Waals surface area contributed by atoms with Gasteiger partial charge >= 0.3 is 0 Å². The highest BCUT2D eigenvalue weighted by atomic mass is 16.5. The van der Waals surface area contributed by atoms with Crippen molar-refractivity contribution in [2.45, 2.75) is 57.0 Å². The highest BCUT2D eigenvalue weighted by Crippen LogP contribution is 2.35. The Hall–Kier alpha value is -2.77. The minimum Gasteiger partial charge on any atom is -0.497 e. The van der Waals surface area contributed by atoms with Crippen LogP contribution in [0.5, 0.6) is 11.5 Å². The number of methoxy groups -OCH3 is 1. The van der Waals surface area contributed by atoms with Crippen LogP contribution in [-0.2, 0) is 9.59 Å². The quantitative estimate of drug-likeness (QED) is 0.775. The highest BCUT2D eigenvalue weighted by Gasteiger charge is 2.41. The summed E-state index contributed by atoms with van der Waals surface area (Å²) in [6.07, 6.45) is 6.94. The summed E-state index contributed by atoms with van der Waals surface area (Å²) in [6, 6.07) is 5.18. The molecule has 3 aliphatic heterocycles. The van der Waals surface area contributed by atoms with Crippen molar-refractivity contribution >= 4 is 17.7 Å². The van der Waals surface area contributed by atoms with E-state index in [1.54, 1.807) is 30.2 Å². The van der Waals surface area contributed by atoms with Gasteiger partial charge in [0.2, 0.25) is 11.8 Å². The fourth-order valence-corrected chi connectivity index (χ4v) is 4.80. The molecule has 3 amide bonds. The van der Waals surface area contributed by atoms with Gasteiger partial charge in [0, 0.05) is 32.5 Å². The molecule has 2 saturated heterocycles. The number of benzene rings is 1. The lowest BCUT2D eigenvalue weighted by Gasteiger charge is -2.32. The smallest absolute Gasteiger partial charge is 0.255 e. The Morgan fingerprint density at radius 2 is 1.84 bits per heavy atom. The summed E-state index contributed by atoms with van der Waals surface area (Å²) in [6.45, 7) is 2.43. The standard InChI is InChI=1S/C24H33N3O5/c1-31-18-7-8-20-19(15-18)23(30)25-17-24(32-20)10-9-21(28)27(14-11-24)16-22(29)26-12-5-3-2-4-6-13-26/h7-8,15H,2-6,9-14,16-17H2,1H3,(H,25,30). The number of rotatable bonds is 3. The summed E-state index contributed by atoms with van der Waals surface area (Å²) in [7, 11) is 1.55. The van der Waals surface area contributed by atoms with E-state index >= 15 is 0 Å². The van der Waals surface area contributed by atoms with Gasteiger partial charge in [0.1, 0.15) is 17.1 Å². The van der Waals surface area contributed by atoms with Gasteiger partial charge in [0.15, 0.2) is 0 Å². The number of carbonyl (C=O) groups excluding carboxylic acids is 3. The van der Waals surface area contributed by atoms with E-state index in [0.717, 1.165) is 38.8 Å². The molecular formula is C24H33N3O5. The first-order valence-corrected chi connectivity index (χ1v) is 11.7. The highest BCUT2D eigenvalue weighted by molar-refractivity contribution is 5.97. The maximum atomic E-state index is 12.9. The first-order valence-electron chi connectivity index (χ1n) is 11.7. The summed E-state index contributed by atoms with van der Waals surface area (Å²) in [5.74, 6) is 0.873.